The van der Waals surface area contributed by atoms with E-state index in [0.717, 1.165) is 37.3 Å². The molecule has 0 saturated carbocycles. The fourth-order valence-electron chi connectivity index (χ4n) is 3.23. The van der Waals surface area contributed by atoms with Crippen molar-refractivity contribution in [2.24, 2.45) is 0 Å². The highest BCUT2D eigenvalue weighted by Gasteiger charge is 2.19. The van der Waals surface area contributed by atoms with Gasteiger partial charge in [-0.15, -0.1) is 11.8 Å². The van der Waals surface area contributed by atoms with Gasteiger partial charge in [0.1, 0.15) is 0 Å². The first-order valence-corrected chi connectivity index (χ1v) is 10.1. The van der Waals surface area contributed by atoms with E-state index < -0.39 is 0 Å². The first kappa shape index (κ1) is 18.0. The van der Waals surface area contributed by atoms with Crippen LogP contribution in [-0.2, 0) is 0 Å². The van der Waals surface area contributed by atoms with E-state index in [1.54, 1.807) is 11.8 Å². The molecule has 0 aliphatic carbocycles. The lowest BCUT2D eigenvalue weighted by Crippen LogP contribution is -2.48. The Bertz CT molecular complexity index is 702. The molecule has 0 radical (unpaired) electrons. The van der Waals surface area contributed by atoms with Crippen LogP contribution in [0.1, 0.15) is 29.8 Å². The van der Waals surface area contributed by atoms with Crippen molar-refractivity contribution in [3.05, 3.63) is 59.7 Å². The molecule has 1 aliphatic heterocycles. The second-order valence-electron chi connectivity index (χ2n) is 6.72. The summed E-state index contributed by atoms with van der Waals surface area (Å²) in [4.78, 5) is 18.7. The van der Waals surface area contributed by atoms with Crippen molar-refractivity contribution in [2.45, 2.75) is 24.8 Å². The molecule has 25 heavy (non-hydrogen) atoms. The highest BCUT2D eigenvalue weighted by molar-refractivity contribution is 7.98. The number of hydrogen-bond donors (Lipinski definition) is 0. The van der Waals surface area contributed by atoms with E-state index in [1.807, 2.05) is 42.7 Å². The van der Waals surface area contributed by atoms with Crippen molar-refractivity contribution >= 4 is 23.2 Å². The highest BCUT2D eigenvalue weighted by atomic mass is 32.2. The van der Waals surface area contributed by atoms with Crippen LogP contribution in [0, 0.1) is 0 Å². The number of hydrogen-bond acceptors (Lipinski definition) is 4. The lowest BCUT2D eigenvalue weighted by molar-refractivity contribution is 0.103. The van der Waals surface area contributed by atoms with Gasteiger partial charge in [-0.1, -0.05) is 0 Å². The van der Waals surface area contributed by atoms with Crippen LogP contribution in [0.25, 0.3) is 0 Å². The number of nitrogens with zero attached hydrogens (tertiary/aromatic N) is 2. The molecule has 3 rings (SSSR count). The van der Waals surface area contributed by atoms with Crippen molar-refractivity contribution < 1.29 is 4.79 Å². The molecule has 0 aromatic heterocycles. The van der Waals surface area contributed by atoms with Gasteiger partial charge in [0.2, 0.25) is 0 Å². The fraction of sp³-hybridized carbons (Fsp3) is 0.381. The van der Waals surface area contributed by atoms with Crippen molar-refractivity contribution in [1.29, 1.82) is 0 Å². The summed E-state index contributed by atoms with van der Waals surface area (Å²) in [7, 11) is 0. The molecule has 0 bridgehead atoms. The van der Waals surface area contributed by atoms with Crippen LogP contribution in [0.5, 0.6) is 0 Å². The van der Waals surface area contributed by atoms with Crippen LogP contribution in [0.15, 0.2) is 53.4 Å². The maximum Gasteiger partial charge on any atom is 0.193 e. The molecule has 0 spiro atoms. The molecule has 0 N–H and O–H groups in total. The number of anilines is 1. The van der Waals surface area contributed by atoms with E-state index >= 15 is 0 Å². The summed E-state index contributed by atoms with van der Waals surface area (Å²) in [6.45, 7) is 8.78. The predicted molar refractivity (Wildman–Crippen MR) is 107 cm³/mol. The third-order valence-electron chi connectivity index (χ3n) is 4.89. The quantitative estimate of drug-likeness (QED) is 0.594. The minimum absolute atomic E-state index is 0.0869. The van der Waals surface area contributed by atoms with E-state index in [1.165, 1.54) is 10.6 Å². The third kappa shape index (κ3) is 4.25. The summed E-state index contributed by atoms with van der Waals surface area (Å²) in [5.74, 6) is 0.0869. The number of rotatable bonds is 5. The summed E-state index contributed by atoms with van der Waals surface area (Å²) in [6.07, 6.45) is 2.04. The molecule has 1 heterocycles. The van der Waals surface area contributed by atoms with Crippen LogP contribution >= 0.6 is 11.8 Å². The minimum atomic E-state index is 0.0869. The summed E-state index contributed by atoms with van der Waals surface area (Å²) >= 11 is 1.68. The number of carbonyl (C=O) groups excluding carboxylic acids is 1. The van der Waals surface area contributed by atoms with Crippen LogP contribution in [0.4, 0.5) is 5.69 Å². The number of thioether (sulfide) groups is 1. The third-order valence-corrected chi connectivity index (χ3v) is 5.63. The van der Waals surface area contributed by atoms with Crippen molar-refractivity contribution in [3.63, 3.8) is 0 Å². The van der Waals surface area contributed by atoms with Gasteiger partial charge in [0.15, 0.2) is 5.78 Å². The van der Waals surface area contributed by atoms with Gasteiger partial charge in [0.05, 0.1) is 0 Å². The Morgan fingerprint density at radius 3 is 1.88 bits per heavy atom. The van der Waals surface area contributed by atoms with Gasteiger partial charge in [-0.25, -0.2) is 0 Å². The molecule has 2 aromatic carbocycles. The molecular formula is C21H26N2OS. The zero-order chi connectivity index (χ0) is 17.8. The number of benzene rings is 2. The standard InChI is InChI=1S/C21H26N2OS/c1-16(2)22-12-14-23(15-13-22)19-8-4-17(5-9-19)21(24)18-6-10-20(25-3)11-7-18/h4-11,16H,12-15H2,1-3H3. The van der Waals surface area contributed by atoms with Gasteiger partial charge in [-0.3, -0.25) is 9.69 Å². The van der Waals surface area contributed by atoms with E-state index in [9.17, 15) is 4.79 Å². The zero-order valence-electron chi connectivity index (χ0n) is 15.2. The molecule has 4 heteroatoms. The van der Waals surface area contributed by atoms with Crippen LogP contribution in [0.3, 0.4) is 0 Å². The topological polar surface area (TPSA) is 23.6 Å². The van der Waals surface area contributed by atoms with E-state index in [-0.39, 0.29) is 5.78 Å². The molecule has 3 nitrogen and oxygen atoms in total. The molecule has 1 saturated heterocycles. The number of ketones is 1. The van der Waals surface area contributed by atoms with E-state index in [0.29, 0.717) is 6.04 Å². The average molecular weight is 355 g/mol. The van der Waals surface area contributed by atoms with Gasteiger partial charge in [-0.05, 0) is 68.6 Å². The Kier molecular flexibility index (Phi) is 5.82. The Morgan fingerprint density at radius 2 is 1.40 bits per heavy atom. The van der Waals surface area contributed by atoms with Gasteiger partial charge in [-0.2, -0.15) is 0 Å². The van der Waals surface area contributed by atoms with Crippen molar-refractivity contribution in [3.8, 4) is 0 Å². The number of piperazine rings is 1. The SMILES string of the molecule is CSc1ccc(C(=O)c2ccc(N3CCN(C(C)C)CC3)cc2)cc1. The number of carbonyl (C=O) groups is 1. The predicted octanol–water partition coefficient (Wildman–Crippen LogP) is 4.17. The van der Waals surface area contributed by atoms with Crippen LogP contribution in [-0.4, -0.2) is 49.2 Å². The maximum absolute atomic E-state index is 12.6. The van der Waals surface area contributed by atoms with Crippen LogP contribution < -0.4 is 4.90 Å². The molecular weight excluding hydrogens is 328 g/mol. The smallest absolute Gasteiger partial charge is 0.193 e. The average Bonchev–Trinajstić information content (AvgIpc) is 2.67. The van der Waals surface area contributed by atoms with Crippen LogP contribution in [0.2, 0.25) is 0 Å². The molecule has 1 fully saturated rings. The highest BCUT2D eigenvalue weighted by Crippen LogP contribution is 2.21. The zero-order valence-corrected chi connectivity index (χ0v) is 16.1. The molecule has 132 valence electrons. The first-order valence-electron chi connectivity index (χ1n) is 8.86. The fourth-order valence-corrected chi connectivity index (χ4v) is 3.64. The maximum atomic E-state index is 12.6. The Balaban J connectivity index is 1.66. The largest absolute Gasteiger partial charge is 0.369 e. The molecule has 0 unspecified atom stereocenters. The van der Waals surface area contributed by atoms with Gasteiger partial charge in [0, 0.05) is 53.9 Å². The molecule has 2 aromatic rings. The Labute approximate surface area is 155 Å². The van der Waals surface area contributed by atoms with E-state index in [2.05, 4.69) is 35.8 Å². The molecule has 0 amide bonds. The second-order valence-corrected chi connectivity index (χ2v) is 7.60. The van der Waals surface area contributed by atoms with Gasteiger partial charge in [0.25, 0.3) is 0 Å². The van der Waals surface area contributed by atoms with Gasteiger partial charge < -0.3 is 4.90 Å². The summed E-state index contributed by atoms with van der Waals surface area (Å²) in [5, 5.41) is 0. The monoisotopic (exact) mass is 354 g/mol. The first-order chi connectivity index (χ1) is 12.1. The lowest BCUT2D eigenvalue weighted by atomic mass is 10.0. The lowest BCUT2D eigenvalue weighted by Gasteiger charge is -2.38. The summed E-state index contributed by atoms with van der Waals surface area (Å²) < 4.78 is 0. The Morgan fingerprint density at radius 1 is 0.880 bits per heavy atom. The Hall–Kier alpha value is -1.78. The van der Waals surface area contributed by atoms with Crippen molar-refractivity contribution in [2.75, 3.05) is 37.3 Å². The van der Waals surface area contributed by atoms with Gasteiger partial charge >= 0.3 is 0 Å². The van der Waals surface area contributed by atoms with Crippen molar-refractivity contribution in [1.82, 2.24) is 4.90 Å². The second kappa shape index (κ2) is 8.07. The molecule has 0 atom stereocenters. The minimum Gasteiger partial charge on any atom is -0.369 e. The molecule has 1 aliphatic rings. The summed E-state index contributed by atoms with van der Waals surface area (Å²) in [6, 6.07) is 16.5. The summed E-state index contributed by atoms with van der Waals surface area (Å²) in [5.41, 5.74) is 2.70. The normalized spacial score (nSPS) is 15.6. The van der Waals surface area contributed by atoms with E-state index in [4.69, 9.17) is 0 Å².